The summed E-state index contributed by atoms with van der Waals surface area (Å²) in [5.74, 6) is 0.585. The topological polar surface area (TPSA) is 49.7 Å². The summed E-state index contributed by atoms with van der Waals surface area (Å²) in [4.78, 5) is 0. The minimum atomic E-state index is -0.0607. The summed E-state index contributed by atoms with van der Waals surface area (Å²) < 4.78 is 5.48. The van der Waals surface area contributed by atoms with Crippen molar-refractivity contribution in [2.75, 3.05) is 0 Å². The fourth-order valence-electron chi connectivity index (χ4n) is 1.56. The molecule has 2 aromatic carbocycles. The highest BCUT2D eigenvalue weighted by Crippen LogP contribution is 2.42. The van der Waals surface area contributed by atoms with E-state index < -0.39 is 0 Å². The average Bonchev–Trinajstić information content (AvgIpc) is 2.33. The molecule has 0 radical (unpaired) electrons. The Hall–Kier alpha value is -2.16. The van der Waals surface area contributed by atoms with Gasteiger partial charge in [-0.1, -0.05) is 18.2 Å². The fraction of sp³-hybridized carbons (Fsp3) is 0.143. The lowest BCUT2D eigenvalue weighted by molar-refractivity contribution is 0.374. The van der Waals surface area contributed by atoms with Gasteiger partial charge in [0.05, 0.1) is 0 Å². The molecule has 0 bridgehead atoms. The quantitative estimate of drug-likeness (QED) is 0.830. The number of rotatable bonds is 2. The molecule has 0 aromatic heterocycles. The maximum Gasteiger partial charge on any atom is 0.210 e. The normalized spacial score (nSPS) is 10.2. The highest BCUT2D eigenvalue weighted by molar-refractivity contribution is 5.58. The Morgan fingerprint density at radius 2 is 1.65 bits per heavy atom. The van der Waals surface area contributed by atoms with Crippen molar-refractivity contribution in [3.8, 4) is 23.0 Å². The second kappa shape index (κ2) is 4.37. The van der Waals surface area contributed by atoms with Crippen LogP contribution in [0.5, 0.6) is 23.0 Å². The van der Waals surface area contributed by atoms with Crippen LogP contribution in [0.2, 0.25) is 0 Å². The van der Waals surface area contributed by atoms with Crippen LogP contribution in [0.4, 0.5) is 0 Å². The number of ether oxygens (including phenoxy) is 1. The molecule has 0 amide bonds. The van der Waals surface area contributed by atoms with Gasteiger partial charge in [0.2, 0.25) is 5.75 Å². The van der Waals surface area contributed by atoms with Gasteiger partial charge >= 0.3 is 0 Å². The van der Waals surface area contributed by atoms with Gasteiger partial charge in [0.15, 0.2) is 11.5 Å². The molecule has 0 spiro atoms. The standard InChI is InChI=1S/C14H14O3/c1-9-8-12(15)14(13(16)10(9)2)17-11-6-4-3-5-7-11/h3-8,15-16H,1-2H3. The van der Waals surface area contributed by atoms with Crippen LogP contribution < -0.4 is 4.74 Å². The Morgan fingerprint density at radius 1 is 1.00 bits per heavy atom. The van der Waals surface area contributed by atoms with Crippen molar-refractivity contribution >= 4 is 0 Å². The Morgan fingerprint density at radius 3 is 2.29 bits per heavy atom. The van der Waals surface area contributed by atoms with Crippen molar-refractivity contribution in [1.82, 2.24) is 0 Å². The number of hydrogen-bond acceptors (Lipinski definition) is 3. The summed E-state index contributed by atoms with van der Waals surface area (Å²) >= 11 is 0. The molecule has 0 fully saturated rings. The van der Waals surface area contributed by atoms with Crippen LogP contribution in [0.15, 0.2) is 36.4 Å². The van der Waals surface area contributed by atoms with Gasteiger partial charge in [-0.3, -0.25) is 0 Å². The lowest BCUT2D eigenvalue weighted by Crippen LogP contribution is -1.90. The molecule has 88 valence electrons. The number of phenols is 2. The zero-order chi connectivity index (χ0) is 12.4. The van der Waals surface area contributed by atoms with E-state index in [1.54, 1.807) is 25.1 Å². The molecule has 0 saturated heterocycles. The first kappa shape index (κ1) is 11.3. The third-order valence-corrected chi connectivity index (χ3v) is 2.71. The summed E-state index contributed by atoms with van der Waals surface area (Å²) in [5.41, 5.74) is 1.52. The predicted octanol–water partition coefficient (Wildman–Crippen LogP) is 3.51. The van der Waals surface area contributed by atoms with Crippen LogP contribution in [0.3, 0.4) is 0 Å². The van der Waals surface area contributed by atoms with Crippen molar-refractivity contribution in [1.29, 1.82) is 0 Å². The molecule has 0 aliphatic rings. The first-order chi connectivity index (χ1) is 8.09. The van der Waals surface area contributed by atoms with Gasteiger partial charge in [-0.15, -0.1) is 0 Å². The molecule has 3 nitrogen and oxygen atoms in total. The van der Waals surface area contributed by atoms with Crippen molar-refractivity contribution in [3.05, 3.63) is 47.5 Å². The smallest absolute Gasteiger partial charge is 0.210 e. The van der Waals surface area contributed by atoms with Crippen LogP contribution >= 0.6 is 0 Å². The summed E-state index contributed by atoms with van der Waals surface area (Å²) in [6.45, 7) is 3.60. The summed E-state index contributed by atoms with van der Waals surface area (Å²) in [6.07, 6.45) is 0. The van der Waals surface area contributed by atoms with Crippen LogP contribution in [0, 0.1) is 13.8 Å². The molecule has 2 N–H and O–H groups in total. The van der Waals surface area contributed by atoms with Gasteiger partial charge in [-0.2, -0.15) is 0 Å². The Bertz CT molecular complexity index is 533. The second-order valence-electron chi connectivity index (χ2n) is 3.93. The molecular formula is C14H14O3. The monoisotopic (exact) mass is 230 g/mol. The van der Waals surface area contributed by atoms with Gasteiger partial charge < -0.3 is 14.9 Å². The number of hydrogen-bond donors (Lipinski definition) is 2. The van der Waals surface area contributed by atoms with Crippen molar-refractivity contribution in [2.24, 2.45) is 0 Å². The van der Waals surface area contributed by atoms with E-state index in [2.05, 4.69) is 0 Å². The molecule has 0 heterocycles. The zero-order valence-corrected chi connectivity index (χ0v) is 9.77. The molecule has 17 heavy (non-hydrogen) atoms. The number of phenolic OH excluding ortho intramolecular Hbond substituents is 2. The molecule has 0 atom stereocenters. The number of benzene rings is 2. The number of aromatic hydroxyl groups is 2. The second-order valence-corrected chi connectivity index (χ2v) is 3.93. The summed E-state index contributed by atoms with van der Waals surface area (Å²) in [5, 5.41) is 19.7. The van der Waals surface area contributed by atoms with Crippen molar-refractivity contribution in [3.63, 3.8) is 0 Å². The van der Waals surface area contributed by atoms with E-state index in [4.69, 9.17) is 4.74 Å². The largest absolute Gasteiger partial charge is 0.504 e. The maximum absolute atomic E-state index is 9.94. The molecule has 0 aliphatic heterocycles. The van der Waals surface area contributed by atoms with Crippen LogP contribution in [-0.2, 0) is 0 Å². The summed E-state index contributed by atoms with van der Waals surface area (Å²) in [7, 11) is 0. The minimum Gasteiger partial charge on any atom is -0.504 e. The van der Waals surface area contributed by atoms with Gasteiger partial charge in [0, 0.05) is 0 Å². The molecule has 2 rings (SSSR count). The highest BCUT2D eigenvalue weighted by Gasteiger charge is 2.14. The van der Waals surface area contributed by atoms with Gasteiger partial charge in [-0.05, 0) is 43.2 Å². The van der Waals surface area contributed by atoms with E-state index in [0.29, 0.717) is 11.3 Å². The lowest BCUT2D eigenvalue weighted by atomic mass is 10.1. The van der Waals surface area contributed by atoms with E-state index in [9.17, 15) is 10.2 Å². The van der Waals surface area contributed by atoms with Crippen LogP contribution in [0.25, 0.3) is 0 Å². The fourth-order valence-corrected chi connectivity index (χ4v) is 1.56. The summed E-state index contributed by atoms with van der Waals surface area (Å²) in [6, 6.07) is 10.6. The first-order valence-corrected chi connectivity index (χ1v) is 5.34. The molecule has 0 aliphatic carbocycles. The van der Waals surface area contributed by atoms with Crippen LogP contribution in [0.1, 0.15) is 11.1 Å². The molecule has 0 saturated carbocycles. The van der Waals surface area contributed by atoms with Gasteiger partial charge in [0.1, 0.15) is 5.75 Å². The SMILES string of the molecule is Cc1cc(O)c(Oc2ccccc2)c(O)c1C. The highest BCUT2D eigenvalue weighted by atomic mass is 16.5. The minimum absolute atomic E-state index is 0.0219. The van der Waals surface area contributed by atoms with E-state index in [1.165, 1.54) is 0 Å². The lowest BCUT2D eigenvalue weighted by Gasteiger charge is -2.12. The molecule has 2 aromatic rings. The average molecular weight is 230 g/mol. The predicted molar refractivity (Wildman–Crippen MR) is 65.8 cm³/mol. The van der Waals surface area contributed by atoms with E-state index >= 15 is 0 Å². The third-order valence-electron chi connectivity index (χ3n) is 2.71. The van der Waals surface area contributed by atoms with E-state index in [1.807, 2.05) is 25.1 Å². The Balaban J connectivity index is 2.43. The molecular weight excluding hydrogens is 216 g/mol. The van der Waals surface area contributed by atoms with Gasteiger partial charge in [-0.25, -0.2) is 0 Å². The van der Waals surface area contributed by atoms with Gasteiger partial charge in [0.25, 0.3) is 0 Å². The number of para-hydroxylation sites is 1. The molecule has 0 unspecified atom stereocenters. The number of aryl methyl sites for hydroxylation is 1. The van der Waals surface area contributed by atoms with Crippen molar-refractivity contribution < 1.29 is 14.9 Å². The molecule has 3 heteroatoms. The maximum atomic E-state index is 9.94. The van der Waals surface area contributed by atoms with E-state index in [-0.39, 0.29) is 17.2 Å². The van der Waals surface area contributed by atoms with Crippen LogP contribution in [-0.4, -0.2) is 10.2 Å². The Kier molecular flexibility index (Phi) is 2.91. The third kappa shape index (κ3) is 2.18. The van der Waals surface area contributed by atoms with Crippen molar-refractivity contribution in [2.45, 2.75) is 13.8 Å². The van der Waals surface area contributed by atoms with E-state index in [0.717, 1.165) is 5.56 Å². The Labute approximate surface area is 99.9 Å². The zero-order valence-electron chi connectivity index (χ0n) is 9.77. The first-order valence-electron chi connectivity index (χ1n) is 5.34.